The second-order valence-electron chi connectivity index (χ2n) is 5.48. The lowest BCUT2D eigenvalue weighted by molar-refractivity contribution is -0.121. The van der Waals surface area contributed by atoms with E-state index in [2.05, 4.69) is 17.3 Å². The maximum Gasteiger partial charge on any atom is 0.220 e. The van der Waals surface area contributed by atoms with Crippen LogP contribution in [0.25, 0.3) is 11.1 Å². The van der Waals surface area contributed by atoms with E-state index in [4.69, 9.17) is 11.6 Å². The predicted molar refractivity (Wildman–Crippen MR) is 89.8 cm³/mol. The summed E-state index contributed by atoms with van der Waals surface area (Å²) in [6.45, 7) is 4.82. The topological polar surface area (TPSA) is 46.9 Å². The van der Waals surface area contributed by atoms with E-state index >= 15 is 0 Å². The quantitative estimate of drug-likeness (QED) is 0.841. The van der Waals surface area contributed by atoms with Gasteiger partial charge >= 0.3 is 0 Å². The van der Waals surface area contributed by atoms with Crippen LogP contribution in [0.3, 0.4) is 0 Å². The predicted octanol–water partition coefficient (Wildman–Crippen LogP) is 3.90. The smallest absolute Gasteiger partial charge is 0.220 e. The third-order valence-corrected chi connectivity index (χ3v) is 3.87. The lowest BCUT2D eigenvalue weighted by atomic mass is 10.1. The van der Waals surface area contributed by atoms with Crippen molar-refractivity contribution in [2.24, 2.45) is 0 Å². The number of nitrogens with zero attached hydrogens (tertiary/aromatic N) is 2. The van der Waals surface area contributed by atoms with Gasteiger partial charge in [0, 0.05) is 35.8 Å². The average molecular weight is 320 g/mol. The van der Waals surface area contributed by atoms with Gasteiger partial charge in [0.2, 0.25) is 5.91 Å². The number of carbonyl (C=O) groups excluding carboxylic acids is 1. The van der Waals surface area contributed by atoms with Crippen LogP contribution in [-0.2, 0) is 11.3 Å². The van der Waals surface area contributed by atoms with Crippen LogP contribution in [0.1, 0.15) is 33.1 Å². The second-order valence-corrected chi connectivity index (χ2v) is 5.92. The second kappa shape index (κ2) is 7.99. The highest BCUT2D eigenvalue weighted by Crippen LogP contribution is 2.20. The van der Waals surface area contributed by atoms with E-state index in [9.17, 15) is 4.79 Å². The molecule has 1 N–H and O–H groups in total. The third-order valence-electron chi connectivity index (χ3n) is 3.62. The number of aromatic nitrogens is 2. The molecule has 1 heterocycles. The molecule has 0 fully saturated rings. The zero-order chi connectivity index (χ0) is 15.9. The molecule has 118 valence electrons. The van der Waals surface area contributed by atoms with Crippen LogP contribution in [0.5, 0.6) is 0 Å². The number of rotatable bonds is 7. The monoisotopic (exact) mass is 319 g/mol. The molecule has 0 bridgehead atoms. The molecule has 0 unspecified atom stereocenters. The van der Waals surface area contributed by atoms with E-state index in [-0.39, 0.29) is 11.9 Å². The number of halogens is 1. The van der Waals surface area contributed by atoms with Gasteiger partial charge in [0.05, 0.1) is 6.20 Å². The molecule has 0 aliphatic heterocycles. The van der Waals surface area contributed by atoms with Crippen LogP contribution in [-0.4, -0.2) is 21.7 Å². The van der Waals surface area contributed by atoms with Crippen molar-refractivity contribution in [1.29, 1.82) is 0 Å². The summed E-state index contributed by atoms with van der Waals surface area (Å²) in [5.41, 5.74) is 2.14. The van der Waals surface area contributed by atoms with Crippen molar-refractivity contribution in [1.82, 2.24) is 15.1 Å². The highest BCUT2D eigenvalue weighted by molar-refractivity contribution is 6.30. The SMILES string of the molecule is CC[C@H](C)NC(=O)CCCn1cc(-c2ccc(Cl)cc2)cn1. The van der Waals surface area contributed by atoms with Gasteiger partial charge < -0.3 is 5.32 Å². The van der Waals surface area contributed by atoms with E-state index in [0.29, 0.717) is 6.42 Å². The number of carbonyl (C=O) groups is 1. The summed E-state index contributed by atoms with van der Waals surface area (Å²) in [4.78, 5) is 11.7. The van der Waals surface area contributed by atoms with E-state index in [1.54, 1.807) is 0 Å². The molecule has 4 nitrogen and oxygen atoms in total. The molecule has 1 amide bonds. The highest BCUT2D eigenvalue weighted by atomic mass is 35.5. The Labute approximate surface area is 136 Å². The van der Waals surface area contributed by atoms with Crippen molar-refractivity contribution in [3.8, 4) is 11.1 Å². The van der Waals surface area contributed by atoms with Crippen LogP contribution in [0.15, 0.2) is 36.7 Å². The molecule has 1 atom stereocenters. The number of aryl methyl sites for hydroxylation is 1. The molecule has 5 heteroatoms. The molecular weight excluding hydrogens is 298 g/mol. The molecule has 22 heavy (non-hydrogen) atoms. The van der Waals surface area contributed by atoms with Gasteiger partial charge in [-0.3, -0.25) is 9.48 Å². The lowest BCUT2D eigenvalue weighted by Crippen LogP contribution is -2.31. The Balaban J connectivity index is 1.82. The molecular formula is C17H22ClN3O. The van der Waals surface area contributed by atoms with Crippen molar-refractivity contribution < 1.29 is 4.79 Å². The maximum atomic E-state index is 11.7. The Bertz CT molecular complexity index is 607. The summed E-state index contributed by atoms with van der Waals surface area (Å²) in [5.74, 6) is 0.111. The minimum absolute atomic E-state index is 0.111. The van der Waals surface area contributed by atoms with Crippen molar-refractivity contribution in [2.75, 3.05) is 0 Å². The van der Waals surface area contributed by atoms with Crippen LogP contribution < -0.4 is 5.32 Å². The van der Waals surface area contributed by atoms with E-state index in [1.807, 2.05) is 48.3 Å². The van der Waals surface area contributed by atoms with Gasteiger partial charge in [0.25, 0.3) is 0 Å². The van der Waals surface area contributed by atoms with Gasteiger partial charge in [-0.15, -0.1) is 0 Å². The van der Waals surface area contributed by atoms with Gasteiger partial charge in [-0.2, -0.15) is 5.10 Å². The van der Waals surface area contributed by atoms with Crippen molar-refractivity contribution in [2.45, 2.75) is 45.7 Å². The van der Waals surface area contributed by atoms with Gasteiger partial charge in [-0.1, -0.05) is 30.7 Å². The molecule has 0 spiro atoms. The van der Waals surface area contributed by atoms with Crippen LogP contribution >= 0.6 is 11.6 Å². The van der Waals surface area contributed by atoms with Gasteiger partial charge in [-0.05, 0) is 37.5 Å². The van der Waals surface area contributed by atoms with E-state index < -0.39 is 0 Å². The van der Waals surface area contributed by atoms with Crippen molar-refractivity contribution in [3.05, 3.63) is 41.7 Å². The molecule has 0 saturated heterocycles. The first-order valence-corrected chi connectivity index (χ1v) is 8.04. The fraction of sp³-hybridized carbons (Fsp3) is 0.412. The maximum absolute atomic E-state index is 11.7. The minimum Gasteiger partial charge on any atom is -0.354 e. The third kappa shape index (κ3) is 4.88. The molecule has 0 radical (unpaired) electrons. The summed E-state index contributed by atoms with van der Waals surface area (Å²) in [5, 5.41) is 8.04. The summed E-state index contributed by atoms with van der Waals surface area (Å²) in [6.07, 6.45) is 6.10. The highest BCUT2D eigenvalue weighted by Gasteiger charge is 2.06. The standard InChI is InChI=1S/C17H22ClN3O/c1-3-13(2)20-17(22)5-4-10-21-12-15(11-19-21)14-6-8-16(18)9-7-14/h6-9,11-13H,3-5,10H2,1-2H3,(H,20,22)/t13-/m0/s1. The van der Waals surface area contributed by atoms with E-state index in [0.717, 1.165) is 35.5 Å². The van der Waals surface area contributed by atoms with Crippen LogP contribution in [0.2, 0.25) is 5.02 Å². The molecule has 1 aromatic heterocycles. The van der Waals surface area contributed by atoms with Crippen molar-refractivity contribution in [3.63, 3.8) is 0 Å². The number of hydrogen-bond acceptors (Lipinski definition) is 2. The minimum atomic E-state index is 0.111. The van der Waals surface area contributed by atoms with Crippen LogP contribution in [0.4, 0.5) is 0 Å². The van der Waals surface area contributed by atoms with Gasteiger partial charge in [-0.25, -0.2) is 0 Å². The summed E-state index contributed by atoms with van der Waals surface area (Å²) < 4.78 is 1.88. The fourth-order valence-electron chi connectivity index (χ4n) is 2.13. The molecule has 2 rings (SSSR count). The lowest BCUT2D eigenvalue weighted by Gasteiger charge is -2.10. The number of hydrogen-bond donors (Lipinski definition) is 1. The Morgan fingerprint density at radius 2 is 2.05 bits per heavy atom. The molecule has 0 aliphatic carbocycles. The normalized spacial score (nSPS) is 12.1. The van der Waals surface area contributed by atoms with Gasteiger partial charge in [0.1, 0.15) is 0 Å². The average Bonchev–Trinajstić information content (AvgIpc) is 2.96. The fourth-order valence-corrected chi connectivity index (χ4v) is 2.25. The summed E-state index contributed by atoms with van der Waals surface area (Å²) in [6, 6.07) is 7.93. The first kappa shape index (κ1) is 16.6. The van der Waals surface area contributed by atoms with E-state index in [1.165, 1.54) is 0 Å². The zero-order valence-electron chi connectivity index (χ0n) is 13.1. The summed E-state index contributed by atoms with van der Waals surface area (Å²) in [7, 11) is 0. The number of nitrogens with one attached hydrogen (secondary N) is 1. The molecule has 0 aliphatic rings. The Kier molecular flexibility index (Phi) is 6.01. The van der Waals surface area contributed by atoms with Crippen molar-refractivity contribution >= 4 is 17.5 Å². The first-order valence-electron chi connectivity index (χ1n) is 7.66. The Morgan fingerprint density at radius 3 is 2.73 bits per heavy atom. The number of benzene rings is 1. The number of amides is 1. The molecule has 2 aromatic rings. The molecule has 0 saturated carbocycles. The van der Waals surface area contributed by atoms with Gasteiger partial charge in [0.15, 0.2) is 0 Å². The largest absolute Gasteiger partial charge is 0.354 e. The first-order chi connectivity index (χ1) is 10.6. The Morgan fingerprint density at radius 1 is 1.32 bits per heavy atom. The van der Waals surface area contributed by atoms with Crippen LogP contribution in [0, 0.1) is 0 Å². The Hall–Kier alpha value is -1.81. The summed E-state index contributed by atoms with van der Waals surface area (Å²) >= 11 is 5.89. The zero-order valence-corrected chi connectivity index (χ0v) is 13.8. The molecule has 1 aromatic carbocycles.